The molecule has 2 aliphatic heterocycles. The number of hydrogen-bond donors (Lipinski definition) is 0. The van der Waals surface area contributed by atoms with Crippen LogP contribution in [0.3, 0.4) is 0 Å². The Morgan fingerprint density at radius 2 is 1.57 bits per heavy atom. The highest BCUT2D eigenvalue weighted by molar-refractivity contribution is 8.00. The summed E-state index contributed by atoms with van der Waals surface area (Å²) < 4.78 is 16.7. The molecule has 1 saturated heterocycles. The lowest BCUT2D eigenvalue weighted by molar-refractivity contribution is -0.144. The molecule has 40 heavy (non-hydrogen) atoms. The zero-order valence-corrected chi connectivity index (χ0v) is 23.6. The number of thioether (sulfide) groups is 1. The third-order valence-corrected chi connectivity index (χ3v) is 9.36. The maximum atomic E-state index is 14.0. The summed E-state index contributed by atoms with van der Waals surface area (Å²) >= 11 is 2.08. The van der Waals surface area contributed by atoms with Crippen molar-refractivity contribution in [2.45, 2.75) is 36.6 Å². The molecule has 3 heterocycles. The van der Waals surface area contributed by atoms with Crippen LogP contribution in [0.4, 0.5) is 5.69 Å². The van der Waals surface area contributed by atoms with Gasteiger partial charge in [-0.05, 0) is 55.8 Å². The van der Waals surface area contributed by atoms with Gasteiger partial charge in [0.05, 0.1) is 42.5 Å². The van der Waals surface area contributed by atoms with Crippen molar-refractivity contribution in [3.8, 4) is 5.75 Å². The number of nitrogens with zero attached hydrogens (tertiary/aromatic N) is 2. The van der Waals surface area contributed by atoms with Gasteiger partial charge in [0, 0.05) is 10.8 Å². The van der Waals surface area contributed by atoms with E-state index in [1.165, 1.54) is 16.7 Å². The van der Waals surface area contributed by atoms with Gasteiger partial charge >= 0.3 is 16.8 Å². The number of benzene rings is 2. The van der Waals surface area contributed by atoms with E-state index in [2.05, 4.69) is 0 Å². The van der Waals surface area contributed by atoms with Gasteiger partial charge in [-0.15, -0.1) is 0 Å². The topological polar surface area (TPSA) is 121 Å². The Labute approximate surface area is 237 Å². The average molecular weight is 583 g/mol. The van der Waals surface area contributed by atoms with Crippen LogP contribution in [0.15, 0.2) is 58.4 Å². The second-order valence-electron chi connectivity index (χ2n) is 9.02. The largest absolute Gasteiger partial charge is 0.497 e. The van der Waals surface area contributed by atoms with E-state index in [0.717, 1.165) is 33.6 Å². The molecule has 2 amide bonds. The summed E-state index contributed by atoms with van der Waals surface area (Å²) in [5, 5.41) is -0.356. The lowest BCUT2D eigenvalue weighted by Gasteiger charge is -2.30. The monoisotopic (exact) mass is 582 g/mol. The fourth-order valence-electron chi connectivity index (χ4n) is 4.98. The molecule has 0 saturated carbocycles. The number of imide groups is 1. The summed E-state index contributed by atoms with van der Waals surface area (Å²) in [7, 11) is 1.55. The second-order valence-corrected chi connectivity index (χ2v) is 11.1. The molecule has 2 aromatic carbocycles. The predicted molar refractivity (Wildman–Crippen MR) is 148 cm³/mol. The van der Waals surface area contributed by atoms with Crippen LogP contribution in [0.2, 0.25) is 0 Å². The molecule has 2 unspecified atom stereocenters. The number of carbonyl (C=O) groups is 4. The van der Waals surface area contributed by atoms with Crippen molar-refractivity contribution < 1.29 is 33.4 Å². The molecular formula is C28H26N2O8S2. The molecule has 0 N–H and O–H groups in total. The first-order chi connectivity index (χ1) is 19.3. The fourth-order valence-corrected chi connectivity index (χ4v) is 7.75. The molecule has 1 fully saturated rings. The van der Waals surface area contributed by atoms with Gasteiger partial charge in [0.2, 0.25) is 11.8 Å². The predicted octanol–water partition coefficient (Wildman–Crippen LogP) is 3.45. The lowest BCUT2D eigenvalue weighted by atomic mass is 9.83. The molecule has 0 aliphatic carbocycles. The summed E-state index contributed by atoms with van der Waals surface area (Å²) in [6.45, 7) is 3.49. The molecule has 2 aliphatic rings. The molecule has 3 aromatic rings. The normalized spacial score (nSPS) is 19.7. The SMILES string of the molecule is CCOC(=O)Cn1c2c(sc1=O)[C@H](c1ccc(OC)cc1)C1C(=O)N(c3ccc(C(=O)OCC)cc3)C(=O)C1S2. The van der Waals surface area contributed by atoms with Crippen molar-refractivity contribution >= 4 is 52.5 Å². The standard InChI is InChI=1S/C28H26N2O8S2/c1-4-37-19(31)14-29-26-23(40-28(29)35)20(15-8-12-18(36-3)13-9-15)21-22(39-26)25(33)30(24(21)32)17-10-6-16(7-11-17)27(34)38-5-2/h6-13,20-22H,4-5,14H2,1-3H3/t20-,21?,22?/m1/s1. The molecule has 10 nitrogen and oxygen atoms in total. The van der Waals surface area contributed by atoms with E-state index in [1.807, 2.05) is 12.1 Å². The number of fused-ring (bicyclic) bond motifs is 2. The number of aromatic nitrogens is 1. The van der Waals surface area contributed by atoms with Gasteiger partial charge in [-0.1, -0.05) is 35.2 Å². The number of esters is 2. The second kappa shape index (κ2) is 11.3. The van der Waals surface area contributed by atoms with E-state index in [-0.39, 0.29) is 24.6 Å². The first-order valence-corrected chi connectivity index (χ1v) is 14.3. The van der Waals surface area contributed by atoms with Crippen molar-refractivity contribution in [1.82, 2.24) is 4.57 Å². The van der Waals surface area contributed by atoms with Crippen LogP contribution in [0, 0.1) is 5.92 Å². The number of thiazole rings is 1. The van der Waals surface area contributed by atoms with Crippen molar-refractivity contribution in [2.24, 2.45) is 5.92 Å². The number of carbonyl (C=O) groups excluding carboxylic acids is 4. The molecule has 12 heteroatoms. The van der Waals surface area contributed by atoms with E-state index in [9.17, 15) is 24.0 Å². The molecule has 0 radical (unpaired) electrons. The van der Waals surface area contributed by atoms with Crippen LogP contribution in [-0.4, -0.2) is 53.9 Å². The number of anilines is 1. The quantitative estimate of drug-likeness (QED) is 0.290. The van der Waals surface area contributed by atoms with Crippen LogP contribution in [-0.2, 0) is 30.4 Å². The van der Waals surface area contributed by atoms with E-state index >= 15 is 0 Å². The van der Waals surface area contributed by atoms with Crippen LogP contribution in [0.5, 0.6) is 5.75 Å². The highest BCUT2D eigenvalue weighted by Crippen LogP contribution is 2.54. The Balaban J connectivity index is 1.57. The molecule has 5 rings (SSSR count). The summed E-state index contributed by atoms with van der Waals surface area (Å²) in [5.74, 6) is -2.68. The van der Waals surface area contributed by atoms with Crippen molar-refractivity contribution in [3.05, 3.63) is 74.2 Å². The number of amides is 2. The molecule has 0 bridgehead atoms. The lowest BCUT2D eigenvalue weighted by Crippen LogP contribution is -2.32. The molecule has 208 valence electrons. The van der Waals surface area contributed by atoms with E-state index < -0.39 is 40.8 Å². The Bertz CT molecular complexity index is 1530. The van der Waals surface area contributed by atoms with Gasteiger partial charge in [-0.3, -0.25) is 23.7 Å². The van der Waals surface area contributed by atoms with Gasteiger partial charge in [0.1, 0.15) is 17.5 Å². The number of methoxy groups -OCH3 is 1. The van der Waals surface area contributed by atoms with Crippen LogP contribution in [0.1, 0.15) is 40.6 Å². The highest BCUT2D eigenvalue weighted by atomic mass is 32.2. The average Bonchev–Trinajstić information content (AvgIpc) is 3.39. The van der Waals surface area contributed by atoms with Gasteiger partial charge in [0.15, 0.2) is 0 Å². The zero-order chi connectivity index (χ0) is 28.6. The number of rotatable bonds is 8. The highest BCUT2D eigenvalue weighted by Gasteiger charge is 2.56. The minimum atomic E-state index is -0.834. The third kappa shape index (κ3) is 4.81. The summed E-state index contributed by atoms with van der Waals surface area (Å²) in [6, 6.07) is 13.3. The minimum Gasteiger partial charge on any atom is -0.497 e. The van der Waals surface area contributed by atoms with E-state index in [4.69, 9.17) is 14.2 Å². The van der Waals surface area contributed by atoms with Crippen LogP contribution < -0.4 is 14.5 Å². The first kappa shape index (κ1) is 27.7. The van der Waals surface area contributed by atoms with Crippen LogP contribution >= 0.6 is 23.1 Å². The van der Waals surface area contributed by atoms with Gasteiger partial charge in [-0.2, -0.15) is 0 Å². The Hall–Kier alpha value is -3.90. The van der Waals surface area contributed by atoms with E-state index in [1.54, 1.807) is 45.2 Å². The summed E-state index contributed by atoms with van der Waals surface area (Å²) in [6.07, 6.45) is 0. The minimum absolute atomic E-state index is 0.170. The number of hydrogen-bond acceptors (Lipinski definition) is 10. The zero-order valence-electron chi connectivity index (χ0n) is 21.9. The molecule has 0 spiro atoms. The Morgan fingerprint density at radius 1 is 0.900 bits per heavy atom. The van der Waals surface area contributed by atoms with Crippen molar-refractivity contribution in [1.29, 1.82) is 0 Å². The maximum absolute atomic E-state index is 14.0. The Morgan fingerprint density at radius 3 is 2.20 bits per heavy atom. The summed E-state index contributed by atoms with van der Waals surface area (Å²) in [5.41, 5.74) is 1.37. The summed E-state index contributed by atoms with van der Waals surface area (Å²) in [4.78, 5) is 66.6. The van der Waals surface area contributed by atoms with Crippen molar-refractivity contribution in [3.63, 3.8) is 0 Å². The van der Waals surface area contributed by atoms with Crippen molar-refractivity contribution in [2.75, 3.05) is 25.2 Å². The van der Waals surface area contributed by atoms with Gasteiger partial charge in [-0.25, -0.2) is 9.69 Å². The molecular weight excluding hydrogens is 556 g/mol. The number of ether oxygens (including phenoxy) is 3. The van der Waals surface area contributed by atoms with Crippen LogP contribution in [0.25, 0.3) is 0 Å². The molecule has 1 aromatic heterocycles. The maximum Gasteiger partial charge on any atom is 0.338 e. The first-order valence-electron chi connectivity index (χ1n) is 12.6. The Kier molecular flexibility index (Phi) is 7.81. The smallest absolute Gasteiger partial charge is 0.338 e. The fraction of sp³-hybridized carbons (Fsp3) is 0.321. The van der Waals surface area contributed by atoms with Gasteiger partial charge in [0.25, 0.3) is 0 Å². The molecule has 3 atom stereocenters. The van der Waals surface area contributed by atoms with E-state index in [0.29, 0.717) is 26.9 Å². The third-order valence-electron chi connectivity index (χ3n) is 6.75. The van der Waals surface area contributed by atoms with Gasteiger partial charge < -0.3 is 14.2 Å².